The molecule has 2 unspecified atom stereocenters. The molecule has 0 heterocycles. The lowest BCUT2D eigenvalue weighted by molar-refractivity contribution is -0.161. The van der Waals surface area contributed by atoms with E-state index in [-0.39, 0.29) is 25.7 Å². The zero-order chi connectivity index (χ0) is 77.6. The Morgan fingerprint density at radius 2 is 0.434 bits per heavy atom. The molecule has 5 atom stereocenters. The van der Waals surface area contributed by atoms with Crippen LogP contribution in [0.15, 0.2) is 0 Å². The molecule has 19 heteroatoms. The van der Waals surface area contributed by atoms with Gasteiger partial charge in [-0.25, -0.2) is 9.13 Å². The topological polar surface area (TPSA) is 237 Å². The number of phosphoric acid groups is 2. The monoisotopic (exact) mass is 1550 g/mol. The van der Waals surface area contributed by atoms with E-state index < -0.39 is 97.5 Å². The van der Waals surface area contributed by atoms with Crippen LogP contribution in [-0.2, 0) is 65.4 Å². The minimum atomic E-state index is -4.97. The van der Waals surface area contributed by atoms with Gasteiger partial charge in [-0.15, -0.1) is 0 Å². The zero-order valence-corrected chi connectivity index (χ0v) is 71.4. The summed E-state index contributed by atoms with van der Waals surface area (Å²) in [6.45, 7) is 7.40. The van der Waals surface area contributed by atoms with Crippen molar-refractivity contribution in [1.82, 2.24) is 0 Å². The molecule has 0 radical (unpaired) electrons. The molecule has 0 fully saturated rings. The molecule has 0 aromatic heterocycles. The smallest absolute Gasteiger partial charge is 0.462 e. The normalized spacial score (nSPS) is 13.7. The maximum atomic E-state index is 13.2. The van der Waals surface area contributed by atoms with Gasteiger partial charge < -0.3 is 33.8 Å². The van der Waals surface area contributed by atoms with Crippen molar-refractivity contribution < 1.29 is 80.2 Å². The highest BCUT2D eigenvalue weighted by atomic mass is 31.2. The third-order valence-electron chi connectivity index (χ3n) is 20.5. The van der Waals surface area contributed by atoms with Crippen LogP contribution < -0.4 is 0 Å². The molecule has 0 saturated heterocycles. The first-order valence-corrected chi connectivity index (χ1v) is 48.1. The van der Waals surface area contributed by atoms with Crippen molar-refractivity contribution in [3.8, 4) is 0 Å². The fourth-order valence-electron chi connectivity index (χ4n) is 13.6. The summed E-state index contributed by atoms with van der Waals surface area (Å²) >= 11 is 0. The van der Waals surface area contributed by atoms with Crippen LogP contribution in [0.2, 0.25) is 0 Å². The third-order valence-corrected chi connectivity index (χ3v) is 22.4. The van der Waals surface area contributed by atoms with Crippen LogP contribution in [0.5, 0.6) is 0 Å². The number of phosphoric ester groups is 2. The molecule has 106 heavy (non-hydrogen) atoms. The van der Waals surface area contributed by atoms with Crippen LogP contribution in [-0.4, -0.2) is 96.7 Å². The summed E-state index contributed by atoms with van der Waals surface area (Å²) in [6, 6.07) is 0. The Kier molecular flexibility index (Phi) is 78.2. The average Bonchev–Trinajstić information content (AvgIpc) is 0.905. The van der Waals surface area contributed by atoms with Crippen molar-refractivity contribution in [3.05, 3.63) is 0 Å². The number of hydrogen-bond donors (Lipinski definition) is 3. The number of aliphatic hydroxyl groups is 1. The van der Waals surface area contributed by atoms with Gasteiger partial charge in [-0.05, 0) is 31.6 Å². The molecule has 0 aromatic carbocycles. The molecule has 0 amide bonds. The number of rotatable bonds is 87. The van der Waals surface area contributed by atoms with Crippen LogP contribution in [0.3, 0.4) is 0 Å². The van der Waals surface area contributed by atoms with Crippen molar-refractivity contribution in [1.29, 1.82) is 0 Å². The van der Waals surface area contributed by atoms with Gasteiger partial charge in [0.05, 0.1) is 26.4 Å². The fraction of sp³-hybridized carbons (Fsp3) is 0.954. The first kappa shape index (κ1) is 104. The largest absolute Gasteiger partial charge is 0.472 e. The molecule has 630 valence electrons. The summed E-state index contributed by atoms with van der Waals surface area (Å²) in [6.07, 6.45) is 73.6. The number of aliphatic hydroxyl groups excluding tert-OH is 1. The SMILES string of the molecule is CCCCCCCCCCCCCCCCCCCCCCCC(=O)OC[C@H](COP(=O)(O)OC[C@@H](O)COP(=O)(O)OC[C@@H](COC(=O)CCCCCCCCCCCCCC)OC(=O)CCCCCCCCCCCCCC)OC(=O)CCCCCCCCCCCCCCCCCCCCC(C)C. The summed E-state index contributed by atoms with van der Waals surface area (Å²) < 4.78 is 68.9. The summed E-state index contributed by atoms with van der Waals surface area (Å²) in [5.41, 5.74) is 0. The molecule has 0 aromatic rings. The van der Waals surface area contributed by atoms with E-state index in [1.54, 1.807) is 0 Å². The van der Waals surface area contributed by atoms with E-state index in [2.05, 4.69) is 34.6 Å². The van der Waals surface area contributed by atoms with Crippen molar-refractivity contribution in [2.45, 2.75) is 490 Å². The fourth-order valence-corrected chi connectivity index (χ4v) is 15.2. The quantitative estimate of drug-likeness (QED) is 0.0222. The van der Waals surface area contributed by atoms with Crippen molar-refractivity contribution in [3.63, 3.8) is 0 Å². The molecule has 0 aliphatic rings. The summed E-state index contributed by atoms with van der Waals surface area (Å²) in [5, 5.41) is 10.7. The molecule has 17 nitrogen and oxygen atoms in total. The van der Waals surface area contributed by atoms with Gasteiger partial charge in [-0.2, -0.15) is 0 Å². The molecule has 0 spiro atoms. The van der Waals surface area contributed by atoms with E-state index in [1.165, 1.54) is 295 Å². The van der Waals surface area contributed by atoms with Crippen LogP contribution in [0.4, 0.5) is 0 Å². The lowest BCUT2D eigenvalue weighted by Gasteiger charge is -2.21. The second-order valence-corrected chi connectivity index (χ2v) is 34.7. The minimum absolute atomic E-state index is 0.108. The molecule has 0 rings (SSSR count). The third kappa shape index (κ3) is 80.1. The van der Waals surface area contributed by atoms with E-state index in [1.807, 2.05) is 0 Å². The number of unbranched alkanes of at least 4 members (excludes halogenated alkanes) is 59. The highest BCUT2D eigenvalue weighted by Gasteiger charge is 2.30. The molecule has 0 bridgehead atoms. The van der Waals surface area contributed by atoms with Crippen LogP contribution in [0, 0.1) is 5.92 Å². The first-order valence-electron chi connectivity index (χ1n) is 45.1. The van der Waals surface area contributed by atoms with Gasteiger partial charge in [0.25, 0.3) is 0 Å². The van der Waals surface area contributed by atoms with Gasteiger partial charge in [0.2, 0.25) is 0 Å². The Morgan fingerprint density at radius 3 is 0.642 bits per heavy atom. The number of esters is 4. The molecule has 0 saturated carbocycles. The first-order chi connectivity index (χ1) is 51.5. The van der Waals surface area contributed by atoms with Gasteiger partial charge in [-0.3, -0.25) is 37.3 Å². The van der Waals surface area contributed by atoms with E-state index >= 15 is 0 Å². The molecule has 3 N–H and O–H groups in total. The highest BCUT2D eigenvalue weighted by molar-refractivity contribution is 7.47. The number of carbonyl (C=O) groups is 4. The minimum Gasteiger partial charge on any atom is -0.462 e. The Hall–Kier alpha value is -1.94. The number of ether oxygens (including phenoxy) is 4. The van der Waals surface area contributed by atoms with Gasteiger partial charge in [0.15, 0.2) is 12.2 Å². The van der Waals surface area contributed by atoms with Gasteiger partial charge >= 0.3 is 39.5 Å². The Bertz CT molecular complexity index is 2010. The molecule has 0 aliphatic carbocycles. The van der Waals surface area contributed by atoms with Crippen molar-refractivity contribution in [2.24, 2.45) is 5.92 Å². The predicted octanol–water partition coefficient (Wildman–Crippen LogP) is 26.8. The van der Waals surface area contributed by atoms with Gasteiger partial charge in [0, 0.05) is 25.7 Å². The Morgan fingerprint density at radius 1 is 0.255 bits per heavy atom. The summed E-state index contributed by atoms with van der Waals surface area (Å²) in [7, 11) is -9.93. The van der Waals surface area contributed by atoms with E-state index in [0.717, 1.165) is 95.8 Å². The summed E-state index contributed by atoms with van der Waals surface area (Å²) in [4.78, 5) is 73.2. The summed E-state index contributed by atoms with van der Waals surface area (Å²) in [5.74, 6) is -1.28. The number of hydrogen-bond acceptors (Lipinski definition) is 15. The Labute approximate surface area is 651 Å². The maximum Gasteiger partial charge on any atom is 0.472 e. The molecular formula is C87H170O17P2. The van der Waals surface area contributed by atoms with Gasteiger partial charge in [0.1, 0.15) is 19.3 Å². The van der Waals surface area contributed by atoms with Crippen molar-refractivity contribution >= 4 is 39.5 Å². The lowest BCUT2D eigenvalue weighted by atomic mass is 10.0. The standard InChI is InChI=1S/C87H170O17P2/c1-6-9-12-15-18-21-24-27-28-29-30-31-32-36-39-42-47-51-56-61-66-71-85(90)98-77-83(104-87(92)73-68-63-58-53-48-43-40-37-34-33-35-38-41-44-49-54-59-64-69-80(4)5)79-102-106(95,96)100-75-81(88)74-99-105(93,94)101-78-82(103-86(91)72-67-62-57-52-46-26-23-20-17-14-11-8-3)76-97-84(89)70-65-60-55-50-45-25-22-19-16-13-10-7-2/h80-83,88H,6-79H2,1-5H3,(H,93,94)(H,95,96)/t81-,82+,83+/m0/s1. The molecular weight excluding hydrogens is 1380 g/mol. The van der Waals surface area contributed by atoms with E-state index in [4.69, 9.17) is 37.0 Å². The highest BCUT2D eigenvalue weighted by Crippen LogP contribution is 2.45. The van der Waals surface area contributed by atoms with Crippen LogP contribution in [0.1, 0.15) is 471 Å². The van der Waals surface area contributed by atoms with Crippen molar-refractivity contribution in [2.75, 3.05) is 39.6 Å². The zero-order valence-electron chi connectivity index (χ0n) is 69.6. The van der Waals surface area contributed by atoms with E-state index in [0.29, 0.717) is 25.7 Å². The second kappa shape index (κ2) is 79.7. The number of carbonyl (C=O) groups excluding carboxylic acids is 4. The van der Waals surface area contributed by atoms with Crippen LogP contribution in [0.25, 0.3) is 0 Å². The van der Waals surface area contributed by atoms with Crippen LogP contribution >= 0.6 is 15.6 Å². The lowest BCUT2D eigenvalue weighted by Crippen LogP contribution is -2.30. The maximum absolute atomic E-state index is 13.2. The van der Waals surface area contributed by atoms with Gasteiger partial charge in [-0.1, -0.05) is 420 Å². The van der Waals surface area contributed by atoms with E-state index in [9.17, 15) is 43.2 Å². The Balaban J connectivity index is 5.21. The second-order valence-electron chi connectivity index (χ2n) is 31.8. The average molecular weight is 1550 g/mol. The predicted molar refractivity (Wildman–Crippen MR) is 437 cm³/mol. The molecule has 0 aliphatic heterocycles.